The summed E-state index contributed by atoms with van der Waals surface area (Å²) in [6, 6.07) is 2.88. The molecule has 2 rings (SSSR count). The summed E-state index contributed by atoms with van der Waals surface area (Å²) in [6.07, 6.45) is 2.94. The monoisotopic (exact) mass is 268 g/mol. The summed E-state index contributed by atoms with van der Waals surface area (Å²) >= 11 is 0. The van der Waals surface area contributed by atoms with E-state index in [1.807, 2.05) is 0 Å². The molecular formula is C10H12N4O3S. The topological polar surface area (TPSA) is 111 Å². The Hall–Kier alpha value is -1.93. The van der Waals surface area contributed by atoms with E-state index in [0.29, 0.717) is 11.7 Å². The first-order chi connectivity index (χ1) is 8.49. The van der Waals surface area contributed by atoms with Gasteiger partial charge in [-0.15, -0.1) is 0 Å². The van der Waals surface area contributed by atoms with Crippen LogP contribution in [0.1, 0.15) is 11.7 Å². The van der Waals surface area contributed by atoms with Crippen LogP contribution < -0.4 is 10.5 Å². The van der Waals surface area contributed by atoms with E-state index >= 15 is 0 Å². The third kappa shape index (κ3) is 2.66. The molecule has 0 saturated heterocycles. The molecule has 0 aliphatic carbocycles. The van der Waals surface area contributed by atoms with Gasteiger partial charge in [0.15, 0.2) is 0 Å². The lowest BCUT2D eigenvalue weighted by Gasteiger charge is -2.06. The van der Waals surface area contributed by atoms with Gasteiger partial charge in [0.2, 0.25) is 15.9 Å². The minimum Gasteiger partial charge on any atom is -0.445 e. The summed E-state index contributed by atoms with van der Waals surface area (Å²) in [4.78, 5) is 7.56. The van der Waals surface area contributed by atoms with Crippen molar-refractivity contribution in [1.29, 1.82) is 0 Å². The van der Waals surface area contributed by atoms with Crippen LogP contribution in [-0.4, -0.2) is 18.4 Å². The fourth-order valence-corrected chi connectivity index (χ4v) is 2.40. The van der Waals surface area contributed by atoms with Crippen LogP contribution in [-0.2, 0) is 16.6 Å². The van der Waals surface area contributed by atoms with Crippen molar-refractivity contribution in [1.82, 2.24) is 14.7 Å². The number of rotatable bonds is 4. The summed E-state index contributed by atoms with van der Waals surface area (Å²) < 4.78 is 31.4. The Morgan fingerprint density at radius 2 is 2.22 bits per heavy atom. The molecule has 96 valence electrons. The molecule has 7 nitrogen and oxygen atoms in total. The highest BCUT2D eigenvalue weighted by Gasteiger charge is 2.18. The molecule has 2 aromatic rings. The van der Waals surface area contributed by atoms with Crippen molar-refractivity contribution in [3.05, 3.63) is 36.2 Å². The normalized spacial score (nSPS) is 11.6. The van der Waals surface area contributed by atoms with Crippen LogP contribution >= 0.6 is 0 Å². The molecule has 0 fully saturated rings. The molecule has 2 heterocycles. The van der Waals surface area contributed by atoms with E-state index in [-0.39, 0.29) is 17.3 Å². The number of oxazole rings is 1. The summed E-state index contributed by atoms with van der Waals surface area (Å²) in [7, 11) is -3.72. The van der Waals surface area contributed by atoms with Gasteiger partial charge in [-0.3, -0.25) is 0 Å². The van der Waals surface area contributed by atoms with Gasteiger partial charge in [0.1, 0.15) is 16.5 Å². The smallest absolute Gasteiger partial charge is 0.244 e. The SMILES string of the molecule is Cc1cnc(CNS(=O)(=O)c2cccnc2N)o1. The van der Waals surface area contributed by atoms with Crippen molar-refractivity contribution < 1.29 is 12.8 Å². The van der Waals surface area contributed by atoms with E-state index in [1.165, 1.54) is 24.5 Å². The number of anilines is 1. The first kappa shape index (κ1) is 12.5. The highest BCUT2D eigenvalue weighted by molar-refractivity contribution is 7.89. The van der Waals surface area contributed by atoms with Crippen LogP contribution in [0.5, 0.6) is 0 Å². The van der Waals surface area contributed by atoms with Crippen molar-refractivity contribution in [2.24, 2.45) is 0 Å². The zero-order chi connectivity index (χ0) is 13.2. The second-order valence-electron chi connectivity index (χ2n) is 3.58. The molecule has 0 saturated carbocycles. The lowest BCUT2D eigenvalue weighted by Crippen LogP contribution is -2.24. The molecular weight excluding hydrogens is 256 g/mol. The molecule has 0 bridgehead atoms. The van der Waals surface area contributed by atoms with Gasteiger partial charge < -0.3 is 10.2 Å². The number of hydrogen-bond donors (Lipinski definition) is 2. The van der Waals surface area contributed by atoms with Gasteiger partial charge >= 0.3 is 0 Å². The summed E-state index contributed by atoms with van der Waals surface area (Å²) in [5, 5.41) is 0. The highest BCUT2D eigenvalue weighted by Crippen LogP contribution is 2.14. The number of aryl methyl sites for hydroxylation is 1. The number of hydrogen-bond acceptors (Lipinski definition) is 6. The second kappa shape index (κ2) is 4.75. The predicted octanol–water partition coefficient (Wildman–Crippen LogP) is 0.439. The fraction of sp³-hybridized carbons (Fsp3) is 0.200. The number of pyridine rings is 1. The molecule has 18 heavy (non-hydrogen) atoms. The standard InChI is InChI=1S/C10H12N4O3S/c1-7-5-13-9(17-7)6-14-18(15,16)8-3-2-4-12-10(8)11/h2-5,14H,6H2,1H3,(H2,11,12). The Morgan fingerprint density at radius 1 is 1.44 bits per heavy atom. The molecule has 0 spiro atoms. The molecule has 0 radical (unpaired) electrons. The van der Waals surface area contributed by atoms with Crippen LogP contribution in [0.2, 0.25) is 0 Å². The number of nitrogen functional groups attached to an aromatic ring is 1. The zero-order valence-electron chi connectivity index (χ0n) is 9.62. The lowest BCUT2D eigenvalue weighted by molar-refractivity contribution is 0.463. The van der Waals surface area contributed by atoms with Crippen LogP contribution in [0.25, 0.3) is 0 Å². The van der Waals surface area contributed by atoms with E-state index in [1.54, 1.807) is 6.92 Å². The fourth-order valence-electron chi connectivity index (χ4n) is 1.35. The van der Waals surface area contributed by atoms with Crippen LogP contribution in [0.15, 0.2) is 33.8 Å². The largest absolute Gasteiger partial charge is 0.445 e. The molecule has 0 atom stereocenters. The Bertz CT molecular complexity index is 651. The van der Waals surface area contributed by atoms with Gasteiger partial charge in [-0.25, -0.2) is 23.1 Å². The second-order valence-corrected chi connectivity index (χ2v) is 5.31. The van der Waals surface area contributed by atoms with Gasteiger partial charge in [-0.2, -0.15) is 0 Å². The predicted molar refractivity (Wildman–Crippen MR) is 63.9 cm³/mol. The average molecular weight is 268 g/mol. The summed E-state index contributed by atoms with van der Waals surface area (Å²) in [5.74, 6) is 0.859. The van der Waals surface area contributed by atoms with Gasteiger partial charge in [0.25, 0.3) is 0 Å². The first-order valence-electron chi connectivity index (χ1n) is 5.10. The number of nitrogens with one attached hydrogen (secondary N) is 1. The third-order valence-corrected chi connectivity index (χ3v) is 3.62. The molecule has 2 aromatic heterocycles. The average Bonchev–Trinajstić information content (AvgIpc) is 2.73. The number of nitrogens with two attached hydrogens (primary N) is 1. The highest BCUT2D eigenvalue weighted by atomic mass is 32.2. The Balaban J connectivity index is 2.16. The Labute approximate surface area is 104 Å². The van der Waals surface area contributed by atoms with Crippen molar-refractivity contribution >= 4 is 15.8 Å². The molecule has 3 N–H and O–H groups in total. The number of nitrogens with zero attached hydrogens (tertiary/aromatic N) is 2. The maximum atomic E-state index is 11.9. The van der Waals surface area contributed by atoms with E-state index in [0.717, 1.165) is 0 Å². The molecule has 0 amide bonds. The minimum absolute atomic E-state index is 0.0372. The van der Waals surface area contributed by atoms with Gasteiger partial charge in [-0.1, -0.05) is 0 Å². The first-order valence-corrected chi connectivity index (χ1v) is 6.59. The van der Waals surface area contributed by atoms with E-state index < -0.39 is 10.0 Å². The van der Waals surface area contributed by atoms with Gasteiger partial charge in [0, 0.05) is 6.20 Å². The summed E-state index contributed by atoms with van der Waals surface area (Å²) in [5.41, 5.74) is 5.51. The zero-order valence-corrected chi connectivity index (χ0v) is 10.4. The van der Waals surface area contributed by atoms with Crippen molar-refractivity contribution in [3.63, 3.8) is 0 Å². The number of sulfonamides is 1. The molecule has 0 aromatic carbocycles. The van der Waals surface area contributed by atoms with Gasteiger partial charge in [0.05, 0.1) is 12.7 Å². The quantitative estimate of drug-likeness (QED) is 0.832. The molecule has 0 aliphatic rings. The van der Waals surface area contributed by atoms with E-state index in [2.05, 4.69) is 14.7 Å². The van der Waals surface area contributed by atoms with Crippen molar-refractivity contribution in [3.8, 4) is 0 Å². The molecule has 0 aliphatic heterocycles. The maximum absolute atomic E-state index is 11.9. The van der Waals surface area contributed by atoms with Crippen LogP contribution in [0.4, 0.5) is 5.82 Å². The number of aromatic nitrogens is 2. The minimum atomic E-state index is -3.72. The third-order valence-electron chi connectivity index (χ3n) is 2.17. The van der Waals surface area contributed by atoms with Gasteiger partial charge in [-0.05, 0) is 19.1 Å². The van der Waals surface area contributed by atoms with Crippen LogP contribution in [0, 0.1) is 6.92 Å². The van der Waals surface area contributed by atoms with Crippen molar-refractivity contribution in [2.45, 2.75) is 18.4 Å². The van der Waals surface area contributed by atoms with E-state index in [4.69, 9.17) is 10.2 Å². The summed E-state index contributed by atoms with van der Waals surface area (Å²) in [6.45, 7) is 1.69. The Morgan fingerprint density at radius 3 is 2.83 bits per heavy atom. The van der Waals surface area contributed by atoms with Crippen LogP contribution in [0.3, 0.4) is 0 Å². The van der Waals surface area contributed by atoms with Crippen molar-refractivity contribution in [2.75, 3.05) is 5.73 Å². The van der Waals surface area contributed by atoms with E-state index in [9.17, 15) is 8.42 Å². The lowest BCUT2D eigenvalue weighted by atomic mass is 10.5. The Kier molecular flexibility index (Phi) is 3.30. The maximum Gasteiger partial charge on any atom is 0.244 e. The molecule has 0 unspecified atom stereocenters. The molecule has 8 heteroatoms.